The highest BCUT2D eigenvalue weighted by Crippen LogP contribution is 2.28. The molecule has 1 unspecified atom stereocenters. The van der Waals surface area contributed by atoms with Crippen LogP contribution in [0.3, 0.4) is 0 Å². The summed E-state index contributed by atoms with van der Waals surface area (Å²) in [5, 5.41) is 0. The van der Waals surface area contributed by atoms with Gasteiger partial charge in [-0.2, -0.15) is 0 Å². The van der Waals surface area contributed by atoms with Gasteiger partial charge in [0.2, 0.25) is 0 Å². The third-order valence-electron chi connectivity index (χ3n) is 4.15. The molecule has 1 heterocycles. The number of hydrogen-bond donors (Lipinski definition) is 0. The van der Waals surface area contributed by atoms with Gasteiger partial charge in [0.15, 0.2) is 5.82 Å². The summed E-state index contributed by atoms with van der Waals surface area (Å²) >= 11 is 0. The molecule has 3 heteroatoms. The van der Waals surface area contributed by atoms with Crippen LogP contribution in [0.15, 0.2) is 12.5 Å². The van der Waals surface area contributed by atoms with Gasteiger partial charge in [-0.3, -0.25) is 0 Å². The molecule has 120 valence electrons. The molecule has 0 radical (unpaired) electrons. The molecule has 0 saturated carbocycles. The summed E-state index contributed by atoms with van der Waals surface area (Å²) in [6.45, 7) is 4.45. The molecule has 1 atom stereocenters. The van der Waals surface area contributed by atoms with E-state index in [9.17, 15) is 4.39 Å². The van der Waals surface area contributed by atoms with Crippen molar-refractivity contribution >= 4 is 0 Å². The number of nitrogens with zero attached hydrogens (tertiary/aromatic N) is 2. The van der Waals surface area contributed by atoms with Gasteiger partial charge in [0.1, 0.15) is 6.33 Å². The zero-order chi connectivity index (χ0) is 15.3. The van der Waals surface area contributed by atoms with Crippen LogP contribution >= 0.6 is 0 Å². The van der Waals surface area contributed by atoms with Gasteiger partial charge in [-0.15, -0.1) is 0 Å². The second kappa shape index (κ2) is 11.6. The Kier molecular flexibility index (Phi) is 10.0. The van der Waals surface area contributed by atoms with Crippen molar-refractivity contribution in [2.45, 2.75) is 90.4 Å². The quantitative estimate of drug-likeness (QED) is 0.440. The highest BCUT2D eigenvalue weighted by Gasteiger charge is 2.16. The number of rotatable bonds is 12. The maximum absolute atomic E-state index is 13.9. The molecule has 0 saturated heterocycles. The van der Waals surface area contributed by atoms with E-state index in [2.05, 4.69) is 23.8 Å². The first-order chi connectivity index (χ1) is 10.3. The predicted molar refractivity (Wildman–Crippen MR) is 86.9 cm³/mol. The molecule has 0 aliphatic carbocycles. The zero-order valence-electron chi connectivity index (χ0n) is 13.8. The van der Waals surface area contributed by atoms with Gasteiger partial charge < -0.3 is 0 Å². The first-order valence-electron chi connectivity index (χ1n) is 8.75. The van der Waals surface area contributed by atoms with E-state index >= 15 is 0 Å². The fourth-order valence-electron chi connectivity index (χ4n) is 2.85. The van der Waals surface area contributed by atoms with E-state index in [0.717, 1.165) is 12.8 Å². The van der Waals surface area contributed by atoms with Crippen LogP contribution in [0.25, 0.3) is 0 Å². The number of hydrogen-bond acceptors (Lipinski definition) is 2. The molecule has 0 N–H and O–H groups in total. The Morgan fingerprint density at radius 2 is 1.48 bits per heavy atom. The third kappa shape index (κ3) is 7.54. The minimum atomic E-state index is -0.230. The van der Waals surface area contributed by atoms with Crippen molar-refractivity contribution in [2.75, 3.05) is 0 Å². The van der Waals surface area contributed by atoms with E-state index in [1.54, 1.807) is 0 Å². The Hall–Kier alpha value is -0.990. The van der Waals surface area contributed by atoms with Gasteiger partial charge in [-0.1, -0.05) is 71.6 Å². The van der Waals surface area contributed by atoms with Crippen molar-refractivity contribution in [1.82, 2.24) is 9.97 Å². The average molecular weight is 294 g/mol. The van der Waals surface area contributed by atoms with Crippen molar-refractivity contribution in [3.63, 3.8) is 0 Å². The number of halogens is 1. The van der Waals surface area contributed by atoms with Gasteiger partial charge in [0.25, 0.3) is 0 Å². The molecule has 0 aliphatic heterocycles. The first kappa shape index (κ1) is 18.1. The third-order valence-corrected chi connectivity index (χ3v) is 4.15. The molecule has 2 nitrogen and oxygen atoms in total. The molecule has 1 aromatic rings. The van der Waals surface area contributed by atoms with Crippen molar-refractivity contribution < 1.29 is 4.39 Å². The second-order valence-corrected chi connectivity index (χ2v) is 6.01. The maximum atomic E-state index is 13.9. The van der Waals surface area contributed by atoms with Gasteiger partial charge in [-0.05, 0) is 12.8 Å². The number of unbranched alkanes of at least 4 members (excludes halogenated alkanes) is 7. The van der Waals surface area contributed by atoms with Crippen LogP contribution in [-0.2, 0) is 0 Å². The van der Waals surface area contributed by atoms with E-state index in [0.29, 0.717) is 5.69 Å². The molecule has 0 bridgehead atoms. The normalized spacial score (nSPS) is 12.5. The van der Waals surface area contributed by atoms with E-state index in [4.69, 9.17) is 0 Å². The molecule has 0 fully saturated rings. The Balaban J connectivity index is 2.47. The van der Waals surface area contributed by atoms with Gasteiger partial charge in [-0.25, -0.2) is 14.4 Å². The lowest BCUT2D eigenvalue weighted by atomic mass is 9.91. The van der Waals surface area contributed by atoms with Crippen molar-refractivity contribution in [3.05, 3.63) is 24.0 Å². The summed E-state index contributed by atoms with van der Waals surface area (Å²) < 4.78 is 13.9. The predicted octanol–water partition coefficient (Wildman–Crippen LogP) is 6.03. The van der Waals surface area contributed by atoms with Crippen LogP contribution in [0, 0.1) is 5.82 Å². The second-order valence-electron chi connectivity index (χ2n) is 6.01. The minimum Gasteiger partial charge on any atom is -0.242 e. The van der Waals surface area contributed by atoms with Crippen LogP contribution in [0.1, 0.15) is 96.1 Å². The summed E-state index contributed by atoms with van der Waals surface area (Å²) in [7, 11) is 0. The van der Waals surface area contributed by atoms with Gasteiger partial charge in [0.05, 0.1) is 11.9 Å². The monoisotopic (exact) mass is 294 g/mol. The summed E-state index contributed by atoms with van der Waals surface area (Å²) in [6.07, 6.45) is 16.1. The highest BCUT2D eigenvalue weighted by atomic mass is 19.1. The molecule has 1 rings (SSSR count). The Morgan fingerprint density at radius 3 is 2.05 bits per heavy atom. The van der Waals surface area contributed by atoms with Crippen LogP contribution in [0.2, 0.25) is 0 Å². The fraction of sp³-hybridized carbons (Fsp3) is 0.778. The summed E-state index contributed by atoms with van der Waals surface area (Å²) in [5.41, 5.74) is 0.636. The summed E-state index contributed by atoms with van der Waals surface area (Å²) in [5.74, 6) is 0.0398. The highest BCUT2D eigenvalue weighted by molar-refractivity contribution is 5.08. The Morgan fingerprint density at radius 1 is 0.905 bits per heavy atom. The first-order valence-corrected chi connectivity index (χ1v) is 8.75. The average Bonchev–Trinajstić information content (AvgIpc) is 2.50. The lowest BCUT2D eigenvalue weighted by molar-refractivity contribution is 0.462. The lowest BCUT2D eigenvalue weighted by Crippen LogP contribution is -2.06. The largest absolute Gasteiger partial charge is 0.242 e. The topological polar surface area (TPSA) is 25.8 Å². The summed E-state index contributed by atoms with van der Waals surface area (Å²) in [6, 6.07) is 0. The van der Waals surface area contributed by atoms with E-state index in [-0.39, 0.29) is 11.7 Å². The Bertz CT molecular complexity index is 368. The standard InChI is InChI=1S/C18H31FN2/c1-3-5-7-9-11-13-16(12-10-8-6-4-2)18-17(19)14-20-15-21-18/h14-16H,3-13H2,1-2H3. The minimum absolute atomic E-state index is 0.230. The van der Waals surface area contributed by atoms with Gasteiger partial charge >= 0.3 is 0 Å². The van der Waals surface area contributed by atoms with Crippen molar-refractivity contribution in [1.29, 1.82) is 0 Å². The van der Waals surface area contributed by atoms with Crippen LogP contribution in [0.4, 0.5) is 4.39 Å². The number of aromatic nitrogens is 2. The molecular weight excluding hydrogens is 263 g/mol. The van der Waals surface area contributed by atoms with Gasteiger partial charge in [0, 0.05) is 5.92 Å². The molecule has 21 heavy (non-hydrogen) atoms. The molecule has 0 spiro atoms. The van der Waals surface area contributed by atoms with Crippen LogP contribution < -0.4 is 0 Å². The Labute approximate surface area is 129 Å². The maximum Gasteiger partial charge on any atom is 0.163 e. The van der Waals surface area contributed by atoms with E-state index in [1.807, 2.05) is 0 Å². The summed E-state index contributed by atoms with van der Waals surface area (Å²) in [4.78, 5) is 7.98. The molecule has 1 aromatic heterocycles. The van der Waals surface area contributed by atoms with E-state index < -0.39 is 0 Å². The van der Waals surface area contributed by atoms with Crippen molar-refractivity contribution in [2.24, 2.45) is 0 Å². The molecule has 0 amide bonds. The molecular formula is C18H31FN2. The van der Waals surface area contributed by atoms with Crippen LogP contribution in [-0.4, -0.2) is 9.97 Å². The lowest BCUT2D eigenvalue weighted by Gasteiger charge is -2.16. The fourth-order valence-corrected chi connectivity index (χ4v) is 2.85. The van der Waals surface area contributed by atoms with Crippen LogP contribution in [0.5, 0.6) is 0 Å². The molecule has 0 aromatic carbocycles. The smallest absolute Gasteiger partial charge is 0.163 e. The van der Waals surface area contributed by atoms with Crippen molar-refractivity contribution in [3.8, 4) is 0 Å². The zero-order valence-corrected chi connectivity index (χ0v) is 13.8. The SMILES string of the molecule is CCCCCCCC(CCCCCC)c1ncncc1F. The molecule has 0 aliphatic rings. The van der Waals surface area contributed by atoms with E-state index in [1.165, 1.54) is 70.3 Å².